The van der Waals surface area contributed by atoms with E-state index in [2.05, 4.69) is 0 Å². The van der Waals surface area contributed by atoms with Gasteiger partial charge < -0.3 is 21.3 Å². The van der Waals surface area contributed by atoms with Gasteiger partial charge in [-0.25, -0.2) is 0 Å². The molecule has 0 saturated carbocycles. The third-order valence-corrected chi connectivity index (χ3v) is 1.16. The number of carboxylic acids is 2. The van der Waals surface area contributed by atoms with Gasteiger partial charge in [-0.2, -0.15) is 0 Å². The monoisotopic (exact) mass is 190 g/mol. The van der Waals surface area contributed by atoms with Crippen LogP contribution in [0.4, 0.5) is 0 Å². The first-order chi connectivity index (χ1) is 5.93. The average molecular weight is 190 g/mol. The van der Waals surface area contributed by atoms with Crippen molar-refractivity contribution in [2.45, 2.75) is 12.5 Å². The Morgan fingerprint density at radius 2 is 1.85 bits per heavy atom. The summed E-state index contributed by atoms with van der Waals surface area (Å²) in [4.78, 5) is 30.9. The van der Waals surface area contributed by atoms with Crippen molar-refractivity contribution in [2.24, 2.45) is 5.73 Å². The zero-order valence-electron chi connectivity index (χ0n) is 6.69. The Hall–Kier alpha value is -1.63. The Labute approximate surface area is 73.5 Å². The second-order valence-corrected chi connectivity index (χ2v) is 2.32. The molecule has 0 aliphatic rings. The Morgan fingerprint density at radius 1 is 1.31 bits per heavy atom. The van der Waals surface area contributed by atoms with Gasteiger partial charge in [0.1, 0.15) is 12.6 Å². The van der Waals surface area contributed by atoms with Gasteiger partial charge in [0.05, 0.1) is 6.42 Å². The van der Waals surface area contributed by atoms with Gasteiger partial charge in [0, 0.05) is 0 Å². The summed E-state index contributed by atoms with van der Waals surface area (Å²) in [5, 5.41) is 18.4. The van der Waals surface area contributed by atoms with Crippen LogP contribution < -0.4 is 11.1 Å². The number of carboxylic acid groups (broad SMARTS) is 2. The largest absolute Gasteiger partial charge is 0.480 e. The van der Waals surface area contributed by atoms with Crippen LogP contribution in [0.25, 0.3) is 0 Å². The van der Waals surface area contributed by atoms with E-state index >= 15 is 0 Å². The normalized spacial score (nSPS) is 11.8. The number of nitrogens with two attached hydrogens (primary N) is 1. The highest BCUT2D eigenvalue weighted by Crippen LogP contribution is 1.87. The smallest absolute Gasteiger partial charge is 0.322 e. The lowest BCUT2D eigenvalue weighted by atomic mass is 10.2. The van der Waals surface area contributed by atoms with Crippen molar-refractivity contribution in [2.75, 3.05) is 6.54 Å². The van der Waals surface area contributed by atoms with Crippen LogP contribution in [-0.4, -0.2) is 40.6 Å². The standard InChI is InChI=1S/C6H10N2O5/c7-3(6(12)13)1-4(9)8-2-5(10)11/h3H,1-2,7H2,(H,8,9)(H,10,11)(H,12,13)/t3-/m1/s1. The maximum Gasteiger partial charge on any atom is 0.322 e. The van der Waals surface area contributed by atoms with Crippen LogP contribution in [0.1, 0.15) is 6.42 Å². The summed E-state index contributed by atoms with van der Waals surface area (Å²) in [6.07, 6.45) is -0.428. The molecule has 13 heavy (non-hydrogen) atoms. The minimum absolute atomic E-state index is 0.428. The highest BCUT2D eigenvalue weighted by molar-refractivity contribution is 5.86. The summed E-state index contributed by atoms with van der Waals surface area (Å²) in [5.41, 5.74) is 5.02. The molecular formula is C6H10N2O5. The molecule has 1 atom stereocenters. The van der Waals surface area contributed by atoms with E-state index in [1.165, 1.54) is 0 Å². The van der Waals surface area contributed by atoms with E-state index in [1.54, 1.807) is 0 Å². The predicted octanol–water partition coefficient (Wildman–Crippen LogP) is -2.01. The Balaban J connectivity index is 3.74. The molecule has 0 rings (SSSR count). The molecule has 0 heterocycles. The molecule has 1 amide bonds. The Morgan fingerprint density at radius 3 is 2.23 bits per heavy atom. The van der Waals surface area contributed by atoms with Crippen molar-refractivity contribution in [1.82, 2.24) is 5.32 Å². The molecule has 0 aromatic heterocycles. The fourth-order valence-corrected chi connectivity index (χ4v) is 0.533. The predicted molar refractivity (Wildman–Crippen MR) is 40.9 cm³/mol. The van der Waals surface area contributed by atoms with Crippen molar-refractivity contribution < 1.29 is 24.6 Å². The lowest BCUT2D eigenvalue weighted by Gasteiger charge is -2.05. The molecule has 7 nitrogen and oxygen atoms in total. The topological polar surface area (TPSA) is 130 Å². The molecule has 0 aliphatic heterocycles. The average Bonchev–Trinajstić information content (AvgIpc) is 2.00. The van der Waals surface area contributed by atoms with Gasteiger partial charge in [-0.15, -0.1) is 0 Å². The molecule has 0 bridgehead atoms. The molecule has 5 N–H and O–H groups in total. The van der Waals surface area contributed by atoms with Gasteiger partial charge in [-0.3, -0.25) is 14.4 Å². The number of hydrogen-bond donors (Lipinski definition) is 4. The minimum Gasteiger partial charge on any atom is -0.480 e. The Bertz CT molecular complexity index is 227. The fourth-order valence-electron chi connectivity index (χ4n) is 0.533. The first-order valence-electron chi connectivity index (χ1n) is 3.40. The summed E-state index contributed by atoms with van der Waals surface area (Å²) in [5.74, 6) is -3.19. The van der Waals surface area contributed by atoms with E-state index in [-0.39, 0.29) is 0 Å². The second-order valence-electron chi connectivity index (χ2n) is 2.32. The molecular weight excluding hydrogens is 180 g/mol. The first-order valence-corrected chi connectivity index (χ1v) is 3.40. The number of amides is 1. The summed E-state index contributed by atoms with van der Waals surface area (Å²) in [6.45, 7) is -0.537. The van der Waals surface area contributed by atoms with Crippen LogP contribution in [0.5, 0.6) is 0 Å². The van der Waals surface area contributed by atoms with Crippen LogP contribution in [0.2, 0.25) is 0 Å². The van der Waals surface area contributed by atoms with Gasteiger partial charge in [-0.05, 0) is 0 Å². The summed E-state index contributed by atoms with van der Waals surface area (Å²) >= 11 is 0. The van der Waals surface area contributed by atoms with Crippen LogP contribution in [0, 0.1) is 0 Å². The lowest BCUT2D eigenvalue weighted by Crippen LogP contribution is -2.38. The third-order valence-electron chi connectivity index (χ3n) is 1.16. The van der Waals surface area contributed by atoms with Gasteiger partial charge in [0.2, 0.25) is 5.91 Å². The zero-order valence-corrected chi connectivity index (χ0v) is 6.69. The zero-order chi connectivity index (χ0) is 10.4. The molecule has 0 spiro atoms. The summed E-state index contributed by atoms with van der Waals surface area (Å²) in [6, 6.07) is -1.30. The van der Waals surface area contributed by atoms with Gasteiger partial charge in [0.25, 0.3) is 0 Å². The van der Waals surface area contributed by atoms with E-state index < -0.39 is 36.9 Å². The van der Waals surface area contributed by atoms with Crippen LogP contribution >= 0.6 is 0 Å². The molecule has 0 saturated heterocycles. The van der Waals surface area contributed by atoms with Crippen LogP contribution in [0.15, 0.2) is 0 Å². The van der Waals surface area contributed by atoms with E-state index in [1.807, 2.05) is 5.32 Å². The number of rotatable bonds is 5. The van der Waals surface area contributed by atoms with Crippen molar-refractivity contribution in [3.05, 3.63) is 0 Å². The van der Waals surface area contributed by atoms with Crippen molar-refractivity contribution >= 4 is 17.8 Å². The van der Waals surface area contributed by atoms with Gasteiger partial charge >= 0.3 is 11.9 Å². The quantitative estimate of drug-likeness (QED) is 0.396. The highest BCUT2D eigenvalue weighted by atomic mass is 16.4. The third kappa shape index (κ3) is 5.62. The van der Waals surface area contributed by atoms with Crippen LogP contribution in [-0.2, 0) is 14.4 Å². The van der Waals surface area contributed by atoms with Gasteiger partial charge in [-0.1, -0.05) is 0 Å². The SMILES string of the molecule is N[C@H](CC(=O)NCC(=O)O)C(=O)O. The number of carbonyl (C=O) groups excluding carboxylic acids is 1. The first kappa shape index (κ1) is 11.4. The van der Waals surface area contributed by atoms with E-state index in [0.29, 0.717) is 0 Å². The fraction of sp³-hybridized carbons (Fsp3) is 0.500. The summed E-state index contributed by atoms with van der Waals surface area (Å²) in [7, 11) is 0. The second kappa shape index (κ2) is 5.09. The maximum atomic E-state index is 10.7. The Kier molecular flexibility index (Phi) is 4.45. The number of aliphatic carboxylic acids is 2. The van der Waals surface area contributed by atoms with E-state index in [4.69, 9.17) is 15.9 Å². The lowest BCUT2D eigenvalue weighted by molar-refractivity contribution is -0.140. The molecule has 7 heteroatoms. The minimum atomic E-state index is -1.30. The molecule has 0 aromatic carbocycles. The van der Waals surface area contributed by atoms with Crippen LogP contribution in [0.3, 0.4) is 0 Å². The molecule has 0 unspecified atom stereocenters. The highest BCUT2D eigenvalue weighted by Gasteiger charge is 2.16. The number of hydrogen-bond acceptors (Lipinski definition) is 4. The molecule has 0 radical (unpaired) electrons. The van der Waals surface area contributed by atoms with Crippen molar-refractivity contribution in [3.8, 4) is 0 Å². The molecule has 0 fully saturated rings. The molecule has 0 aliphatic carbocycles. The molecule has 0 aromatic rings. The summed E-state index contributed by atoms with van der Waals surface area (Å²) < 4.78 is 0. The molecule has 74 valence electrons. The van der Waals surface area contributed by atoms with E-state index in [0.717, 1.165) is 0 Å². The van der Waals surface area contributed by atoms with Crippen molar-refractivity contribution in [1.29, 1.82) is 0 Å². The van der Waals surface area contributed by atoms with Gasteiger partial charge in [0.15, 0.2) is 0 Å². The maximum absolute atomic E-state index is 10.7. The number of nitrogens with one attached hydrogen (secondary N) is 1. The van der Waals surface area contributed by atoms with Crippen molar-refractivity contribution in [3.63, 3.8) is 0 Å². The van der Waals surface area contributed by atoms with E-state index in [9.17, 15) is 14.4 Å². The number of carbonyl (C=O) groups is 3.